The van der Waals surface area contributed by atoms with Crippen LogP contribution >= 0.6 is 0 Å². The van der Waals surface area contributed by atoms with Crippen molar-refractivity contribution in [1.82, 2.24) is 5.12 Å². The molecule has 58 valence electrons. The van der Waals surface area contributed by atoms with Crippen LogP contribution in [0, 0.1) is 4.91 Å². The average Bonchev–Trinajstić information content (AvgIpc) is 2.06. The van der Waals surface area contributed by atoms with Crippen molar-refractivity contribution in [2.24, 2.45) is 5.29 Å². The lowest BCUT2D eigenvalue weighted by molar-refractivity contribution is 0.423. The van der Waals surface area contributed by atoms with E-state index in [4.69, 9.17) is 0 Å². The third-order valence-electron chi connectivity index (χ3n) is 1.19. The highest BCUT2D eigenvalue weighted by Gasteiger charge is 1.91. The molecule has 0 aliphatic rings. The third-order valence-corrected chi connectivity index (χ3v) is 1.19. The number of nitrogens with one attached hydrogen (secondary N) is 1. The minimum absolute atomic E-state index is 0.842. The van der Waals surface area contributed by atoms with Crippen molar-refractivity contribution in [1.29, 1.82) is 0 Å². The fourth-order valence-electron chi connectivity index (χ4n) is 0.720. The zero-order chi connectivity index (χ0) is 8.10. The van der Waals surface area contributed by atoms with Gasteiger partial charge in [-0.1, -0.05) is 18.2 Å². The molecule has 0 aromatic heterocycles. The number of hydrogen-bond donors (Lipinski definition) is 1. The van der Waals surface area contributed by atoms with Gasteiger partial charge in [-0.2, -0.15) is 5.12 Å². The molecule has 1 N–H and O–H groups in total. The van der Waals surface area contributed by atoms with Gasteiger partial charge >= 0.3 is 0 Å². The van der Waals surface area contributed by atoms with Crippen LogP contribution in [0.2, 0.25) is 0 Å². The van der Waals surface area contributed by atoms with E-state index in [1.54, 1.807) is 7.05 Å². The SMILES string of the molecule is CN(N=O)Nc1ccccc1. The highest BCUT2D eigenvalue weighted by molar-refractivity contribution is 5.41. The van der Waals surface area contributed by atoms with E-state index in [1.807, 2.05) is 30.3 Å². The maximum absolute atomic E-state index is 9.92. The van der Waals surface area contributed by atoms with Crippen molar-refractivity contribution >= 4 is 5.69 Å². The van der Waals surface area contributed by atoms with Crippen LogP contribution in [-0.4, -0.2) is 12.2 Å². The Kier molecular flexibility index (Phi) is 2.43. The standard InChI is InChI=1S/C7H9N3O/c1-10(9-11)8-7-5-3-2-4-6-7/h2-6,8H,1H3. The summed E-state index contributed by atoms with van der Waals surface area (Å²) in [6, 6.07) is 9.35. The van der Waals surface area contributed by atoms with Gasteiger partial charge < -0.3 is 0 Å². The van der Waals surface area contributed by atoms with Gasteiger partial charge in [0, 0.05) is 0 Å². The first-order valence-electron chi connectivity index (χ1n) is 3.21. The largest absolute Gasteiger partial charge is 0.280 e. The molecule has 4 nitrogen and oxygen atoms in total. The highest BCUT2D eigenvalue weighted by Crippen LogP contribution is 2.04. The van der Waals surface area contributed by atoms with Crippen LogP contribution in [0.3, 0.4) is 0 Å². The smallest absolute Gasteiger partial charge is 0.0728 e. The molecule has 0 atom stereocenters. The summed E-state index contributed by atoms with van der Waals surface area (Å²) < 4.78 is 0. The van der Waals surface area contributed by atoms with E-state index in [0.29, 0.717) is 0 Å². The van der Waals surface area contributed by atoms with Crippen LogP contribution in [0.5, 0.6) is 0 Å². The van der Waals surface area contributed by atoms with Gasteiger partial charge in [0.15, 0.2) is 0 Å². The van der Waals surface area contributed by atoms with Gasteiger partial charge in [0.25, 0.3) is 0 Å². The summed E-state index contributed by atoms with van der Waals surface area (Å²) >= 11 is 0. The van der Waals surface area contributed by atoms with E-state index in [9.17, 15) is 4.91 Å². The van der Waals surface area contributed by atoms with Crippen molar-refractivity contribution in [3.05, 3.63) is 35.2 Å². The summed E-state index contributed by atoms with van der Waals surface area (Å²) in [4.78, 5) is 9.92. The fourth-order valence-corrected chi connectivity index (χ4v) is 0.720. The summed E-state index contributed by atoms with van der Waals surface area (Å²) in [5.74, 6) is 0. The number of rotatable bonds is 3. The molecule has 0 saturated carbocycles. The Balaban J connectivity index is 2.57. The number of benzene rings is 1. The molecule has 1 aromatic carbocycles. The van der Waals surface area contributed by atoms with Crippen LogP contribution in [0.4, 0.5) is 5.69 Å². The van der Waals surface area contributed by atoms with E-state index >= 15 is 0 Å². The molecule has 0 fully saturated rings. The molecule has 4 heteroatoms. The zero-order valence-electron chi connectivity index (χ0n) is 6.19. The average molecular weight is 151 g/mol. The van der Waals surface area contributed by atoms with E-state index in [1.165, 1.54) is 0 Å². The van der Waals surface area contributed by atoms with Crippen molar-refractivity contribution in [3.8, 4) is 0 Å². The predicted molar refractivity (Wildman–Crippen MR) is 43.6 cm³/mol. The van der Waals surface area contributed by atoms with Crippen molar-refractivity contribution in [3.63, 3.8) is 0 Å². The van der Waals surface area contributed by atoms with E-state index < -0.39 is 0 Å². The minimum atomic E-state index is 0.842. The fraction of sp³-hybridized carbons (Fsp3) is 0.143. The minimum Gasteiger partial charge on any atom is -0.280 e. The van der Waals surface area contributed by atoms with Crippen LogP contribution < -0.4 is 5.43 Å². The van der Waals surface area contributed by atoms with Gasteiger partial charge in [0.05, 0.1) is 18.0 Å². The number of nitrogens with zero attached hydrogens (tertiary/aromatic N) is 2. The second-order valence-electron chi connectivity index (χ2n) is 2.08. The normalized spacial score (nSPS) is 8.82. The molecular weight excluding hydrogens is 142 g/mol. The Morgan fingerprint density at radius 1 is 1.36 bits per heavy atom. The highest BCUT2D eigenvalue weighted by atomic mass is 16.3. The lowest BCUT2D eigenvalue weighted by atomic mass is 10.3. The van der Waals surface area contributed by atoms with Crippen LogP contribution in [0.25, 0.3) is 0 Å². The summed E-state index contributed by atoms with van der Waals surface area (Å²) in [5.41, 5.74) is 3.59. The molecule has 1 aromatic rings. The van der Waals surface area contributed by atoms with Crippen molar-refractivity contribution in [2.45, 2.75) is 0 Å². The molecule has 0 aliphatic heterocycles. The summed E-state index contributed by atoms with van der Waals surface area (Å²) in [6.45, 7) is 0. The molecule has 0 bridgehead atoms. The first-order chi connectivity index (χ1) is 5.33. The van der Waals surface area contributed by atoms with Gasteiger partial charge in [0.2, 0.25) is 0 Å². The maximum Gasteiger partial charge on any atom is 0.0728 e. The molecule has 0 amide bonds. The summed E-state index contributed by atoms with van der Waals surface area (Å²) in [5, 5.41) is 3.76. The molecule has 0 spiro atoms. The van der Waals surface area contributed by atoms with Gasteiger partial charge in [0.1, 0.15) is 0 Å². The van der Waals surface area contributed by atoms with E-state index in [0.717, 1.165) is 10.8 Å². The van der Waals surface area contributed by atoms with Crippen LogP contribution in [0.15, 0.2) is 35.6 Å². The molecule has 0 unspecified atom stereocenters. The number of hydrazine groups is 1. The van der Waals surface area contributed by atoms with Crippen LogP contribution in [0.1, 0.15) is 0 Å². The van der Waals surface area contributed by atoms with Gasteiger partial charge in [-0.25, -0.2) is 0 Å². The number of anilines is 1. The Hall–Kier alpha value is -1.58. The van der Waals surface area contributed by atoms with E-state index in [2.05, 4.69) is 10.7 Å². The molecule has 0 radical (unpaired) electrons. The van der Waals surface area contributed by atoms with Gasteiger partial charge in [-0.15, -0.1) is 4.91 Å². The Morgan fingerprint density at radius 3 is 2.55 bits per heavy atom. The Bertz CT molecular complexity index is 224. The van der Waals surface area contributed by atoms with Crippen molar-refractivity contribution < 1.29 is 0 Å². The lowest BCUT2D eigenvalue weighted by Crippen LogP contribution is -2.17. The van der Waals surface area contributed by atoms with Gasteiger partial charge in [-0.05, 0) is 12.1 Å². The first-order valence-corrected chi connectivity index (χ1v) is 3.21. The second kappa shape index (κ2) is 3.55. The molecule has 0 saturated heterocycles. The number of para-hydroxylation sites is 1. The summed E-state index contributed by atoms with van der Waals surface area (Å²) in [6.07, 6.45) is 0. The zero-order valence-corrected chi connectivity index (χ0v) is 6.19. The summed E-state index contributed by atoms with van der Waals surface area (Å²) in [7, 11) is 1.54. The van der Waals surface area contributed by atoms with Crippen LogP contribution in [-0.2, 0) is 0 Å². The molecular formula is C7H9N3O. The molecule has 0 aliphatic carbocycles. The molecule has 0 heterocycles. The quantitative estimate of drug-likeness (QED) is 0.527. The lowest BCUT2D eigenvalue weighted by Gasteiger charge is -2.10. The second-order valence-corrected chi connectivity index (χ2v) is 2.08. The van der Waals surface area contributed by atoms with E-state index in [-0.39, 0.29) is 0 Å². The maximum atomic E-state index is 9.92. The number of hydrogen-bond acceptors (Lipinski definition) is 3. The molecule has 1 rings (SSSR count). The third kappa shape index (κ3) is 2.25. The topological polar surface area (TPSA) is 44.7 Å². The molecule has 11 heavy (non-hydrogen) atoms. The first kappa shape index (κ1) is 7.53. The van der Waals surface area contributed by atoms with Crippen molar-refractivity contribution in [2.75, 3.05) is 12.5 Å². The Morgan fingerprint density at radius 2 is 2.00 bits per heavy atom. The van der Waals surface area contributed by atoms with Gasteiger partial charge in [-0.3, -0.25) is 5.43 Å². The monoisotopic (exact) mass is 151 g/mol. The predicted octanol–water partition coefficient (Wildman–Crippen LogP) is 1.63. The Labute approximate surface area is 64.7 Å². The number of nitroso groups, excluding NO2 is 1.